The van der Waals surface area contributed by atoms with Gasteiger partial charge in [-0.15, -0.1) is 0 Å². The summed E-state index contributed by atoms with van der Waals surface area (Å²) in [5, 5.41) is 7.20. The van der Waals surface area contributed by atoms with Crippen LogP contribution in [0.5, 0.6) is 0 Å². The highest BCUT2D eigenvalue weighted by Gasteiger charge is 2.14. The number of benzene rings is 7. The molecule has 0 aliphatic rings. The molecule has 8 rings (SSSR count). The Balaban J connectivity index is 1.21. The van der Waals surface area contributed by atoms with Crippen LogP contribution in [0.25, 0.3) is 77.3 Å². The molecule has 0 unspecified atom stereocenters. The van der Waals surface area contributed by atoms with Crippen LogP contribution >= 0.6 is 11.6 Å². The second-order valence-electron chi connectivity index (χ2n) is 10.7. The minimum absolute atomic E-state index is 0.167. The standard InChI is InChI=1S/C39H24ClN3/c40-39-42-37(41-38(43-39)32-23-29-12-5-7-15-35(29)36(24-32)26-9-2-1-3-10-26)31-20-18-27-21-30(19-17-28(27)22-31)34-16-8-13-25-11-4-6-14-33(25)34/h1-24H. The monoisotopic (exact) mass is 569 g/mol. The van der Waals surface area contributed by atoms with Gasteiger partial charge < -0.3 is 0 Å². The normalized spacial score (nSPS) is 11.4. The fourth-order valence-corrected chi connectivity index (χ4v) is 6.09. The van der Waals surface area contributed by atoms with Gasteiger partial charge in [0.1, 0.15) is 0 Å². The molecule has 0 spiro atoms. The second kappa shape index (κ2) is 10.5. The van der Waals surface area contributed by atoms with E-state index in [-0.39, 0.29) is 5.28 Å². The lowest BCUT2D eigenvalue weighted by atomic mass is 9.95. The molecule has 0 amide bonds. The highest BCUT2D eigenvalue weighted by molar-refractivity contribution is 6.28. The highest BCUT2D eigenvalue weighted by atomic mass is 35.5. The average Bonchev–Trinajstić information content (AvgIpc) is 3.07. The van der Waals surface area contributed by atoms with Crippen molar-refractivity contribution < 1.29 is 0 Å². The van der Waals surface area contributed by atoms with Crippen molar-refractivity contribution >= 4 is 43.9 Å². The third-order valence-corrected chi connectivity index (χ3v) is 8.18. The number of hydrogen-bond donors (Lipinski definition) is 0. The zero-order valence-corrected chi connectivity index (χ0v) is 23.8. The summed E-state index contributed by atoms with van der Waals surface area (Å²) in [5.74, 6) is 1.09. The molecule has 1 heterocycles. The first-order valence-electron chi connectivity index (χ1n) is 14.2. The summed E-state index contributed by atoms with van der Waals surface area (Å²) < 4.78 is 0. The van der Waals surface area contributed by atoms with Gasteiger partial charge in [-0.2, -0.15) is 9.97 Å². The van der Waals surface area contributed by atoms with Gasteiger partial charge in [-0.1, -0.05) is 121 Å². The largest absolute Gasteiger partial charge is 0.226 e. The second-order valence-corrected chi connectivity index (χ2v) is 11.0. The zero-order chi connectivity index (χ0) is 28.8. The SMILES string of the molecule is Clc1nc(-c2ccc3cc(-c4cccc5ccccc45)ccc3c2)nc(-c2cc(-c3ccccc3)c3ccccc3c2)n1. The quantitative estimate of drug-likeness (QED) is 0.211. The molecule has 0 saturated heterocycles. The molecule has 0 aliphatic carbocycles. The van der Waals surface area contributed by atoms with Gasteiger partial charge in [0.2, 0.25) is 5.28 Å². The Morgan fingerprint density at radius 2 is 0.930 bits per heavy atom. The van der Waals surface area contributed by atoms with Crippen molar-refractivity contribution in [1.29, 1.82) is 0 Å². The lowest BCUT2D eigenvalue weighted by molar-refractivity contribution is 1.07. The predicted molar refractivity (Wildman–Crippen MR) is 179 cm³/mol. The number of fused-ring (bicyclic) bond motifs is 3. The Morgan fingerprint density at radius 1 is 0.349 bits per heavy atom. The van der Waals surface area contributed by atoms with E-state index < -0.39 is 0 Å². The Hall–Kier alpha value is -5.38. The van der Waals surface area contributed by atoms with Gasteiger partial charge in [0.15, 0.2) is 11.6 Å². The summed E-state index contributed by atoms with van der Waals surface area (Å²) in [5.41, 5.74) is 6.46. The molecule has 0 fully saturated rings. The van der Waals surface area contributed by atoms with Crippen LogP contribution in [0.1, 0.15) is 0 Å². The van der Waals surface area contributed by atoms with E-state index in [1.165, 1.54) is 27.3 Å². The Morgan fingerprint density at radius 3 is 1.72 bits per heavy atom. The molecular formula is C39H24ClN3. The van der Waals surface area contributed by atoms with Gasteiger partial charge in [-0.25, -0.2) is 4.98 Å². The molecule has 202 valence electrons. The van der Waals surface area contributed by atoms with E-state index in [1.54, 1.807) is 0 Å². The van der Waals surface area contributed by atoms with Crippen LogP contribution in [0.2, 0.25) is 5.28 Å². The van der Waals surface area contributed by atoms with Crippen LogP contribution in [0.15, 0.2) is 146 Å². The predicted octanol–water partition coefficient (Wildman–Crippen LogP) is 10.7. The van der Waals surface area contributed by atoms with Crippen LogP contribution in [-0.4, -0.2) is 15.0 Å². The molecule has 0 N–H and O–H groups in total. The van der Waals surface area contributed by atoms with Crippen LogP contribution in [-0.2, 0) is 0 Å². The molecule has 7 aromatic carbocycles. The molecule has 0 aliphatic heterocycles. The molecule has 0 saturated carbocycles. The molecule has 0 bridgehead atoms. The Labute approximate surface area is 254 Å². The van der Waals surface area contributed by atoms with E-state index in [2.05, 4.69) is 143 Å². The molecule has 43 heavy (non-hydrogen) atoms. The molecule has 1 aromatic heterocycles. The van der Waals surface area contributed by atoms with Crippen LogP contribution in [0.3, 0.4) is 0 Å². The van der Waals surface area contributed by atoms with Gasteiger partial charge in [0.05, 0.1) is 0 Å². The lowest BCUT2D eigenvalue weighted by Crippen LogP contribution is -1.98. The summed E-state index contributed by atoms with van der Waals surface area (Å²) in [6.45, 7) is 0. The minimum atomic E-state index is 0.167. The first-order valence-corrected chi connectivity index (χ1v) is 14.6. The van der Waals surface area contributed by atoms with Gasteiger partial charge in [-0.3, -0.25) is 0 Å². The average molecular weight is 570 g/mol. The van der Waals surface area contributed by atoms with E-state index in [1.807, 2.05) is 12.1 Å². The van der Waals surface area contributed by atoms with E-state index in [9.17, 15) is 0 Å². The zero-order valence-electron chi connectivity index (χ0n) is 23.1. The number of aromatic nitrogens is 3. The summed E-state index contributed by atoms with van der Waals surface area (Å²) >= 11 is 6.52. The Bertz CT molecular complexity index is 2310. The van der Waals surface area contributed by atoms with Gasteiger partial charge >= 0.3 is 0 Å². The highest BCUT2D eigenvalue weighted by Crippen LogP contribution is 2.35. The number of hydrogen-bond acceptors (Lipinski definition) is 3. The van der Waals surface area contributed by atoms with Gasteiger partial charge in [0, 0.05) is 11.1 Å². The number of halogens is 1. The maximum atomic E-state index is 6.52. The summed E-state index contributed by atoms with van der Waals surface area (Å²) in [6, 6.07) is 50.9. The van der Waals surface area contributed by atoms with Crippen LogP contribution < -0.4 is 0 Å². The number of nitrogens with zero attached hydrogens (tertiary/aromatic N) is 3. The topological polar surface area (TPSA) is 38.7 Å². The smallest absolute Gasteiger partial charge is 0.208 e. The van der Waals surface area contributed by atoms with Crippen molar-refractivity contribution in [2.24, 2.45) is 0 Å². The van der Waals surface area contributed by atoms with Crippen molar-refractivity contribution in [3.05, 3.63) is 151 Å². The minimum Gasteiger partial charge on any atom is -0.208 e. The molecule has 8 aromatic rings. The third-order valence-electron chi connectivity index (χ3n) is 8.01. The van der Waals surface area contributed by atoms with Crippen molar-refractivity contribution in [2.75, 3.05) is 0 Å². The van der Waals surface area contributed by atoms with E-state index in [0.717, 1.165) is 38.4 Å². The van der Waals surface area contributed by atoms with Gasteiger partial charge in [-0.05, 0) is 90.4 Å². The Kier molecular flexibility index (Phi) is 6.17. The maximum Gasteiger partial charge on any atom is 0.226 e. The van der Waals surface area contributed by atoms with E-state index in [0.29, 0.717) is 11.6 Å². The molecule has 0 radical (unpaired) electrons. The van der Waals surface area contributed by atoms with Crippen molar-refractivity contribution in [3.8, 4) is 45.0 Å². The fourth-order valence-electron chi connectivity index (χ4n) is 5.93. The summed E-state index contributed by atoms with van der Waals surface area (Å²) in [7, 11) is 0. The number of rotatable bonds is 4. The van der Waals surface area contributed by atoms with E-state index in [4.69, 9.17) is 16.6 Å². The molecule has 3 nitrogen and oxygen atoms in total. The van der Waals surface area contributed by atoms with Crippen molar-refractivity contribution in [1.82, 2.24) is 15.0 Å². The van der Waals surface area contributed by atoms with Crippen molar-refractivity contribution in [2.45, 2.75) is 0 Å². The first-order chi connectivity index (χ1) is 21.2. The third kappa shape index (κ3) is 4.70. The molecular weight excluding hydrogens is 546 g/mol. The van der Waals surface area contributed by atoms with E-state index >= 15 is 0 Å². The van der Waals surface area contributed by atoms with Gasteiger partial charge in [0.25, 0.3) is 0 Å². The first kappa shape index (κ1) is 25.3. The summed E-state index contributed by atoms with van der Waals surface area (Å²) in [6.07, 6.45) is 0. The summed E-state index contributed by atoms with van der Waals surface area (Å²) in [4.78, 5) is 14.0. The van der Waals surface area contributed by atoms with Crippen LogP contribution in [0, 0.1) is 0 Å². The molecule has 0 atom stereocenters. The fraction of sp³-hybridized carbons (Fsp3) is 0. The van der Waals surface area contributed by atoms with Crippen molar-refractivity contribution in [3.63, 3.8) is 0 Å². The van der Waals surface area contributed by atoms with Crippen LogP contribution in [0.4, 0.5) is 0 Å². The molecule has 4 heteroatoms. The lowest BCUT2D eigenvalue weighted by Gasteiger charge is -2.12. The maximum absolute atomic E-state index is 6.52.